The summed E-state index contributed by atoms with van der Waals surface area (Å²) >= 11 is 0. The van der Waals surface area contributed by atoms with Crippen LogP contribution in [0.5, 0.6) is 0 Å². The van der Waals surface area contributed by atoms with E-state index in [4.69, 9.17) is 5.73 Å². The third-order valence-electron chi connectivity index (χ3n) is 3.42. The Morgan fingerprint density at radius 3 is 2.40 bits per heavy atom. The van der Waals surface area contributed by atoms with E-state index in [0.717, 1.165) is 12.5 Å². The Balaban J connectivity index is 2.53. The van der Waals surface area contributed by atoms with Crippen LogP contribution in [0.1, 0.15) is 47.0 Å². The fraction of sp³-hybridized carbons (Fsp3) is 1.00. The van der Waals surface area contributed by atoms with E-state index in [1.54, 1.807) is 0 Å². The molecule has 0 aliphatic heterocycles. The molecule has 1 aliphatic rings. The van der Waals surface area contributed by atoms with Crippen molar-refractivity contribution in [1.29, 1.82) is 0 Å². The lowest BCUT2D eigenvalue weighted by atomic mass is 9.82. The highest BCUT2D eigenvalue weighted by Crippen LogP contribution is 2.27. The normalized spacial score (nSPS) is 33.4. The van der Waals surface area contributed by atoms with Gasteiger partial charge in [0.15, 0.2) is 0 Å². The largest absolute Gasteiger partial charge is 0.326 e. The topological polar surface area (TPSA) is 29.3 Å². The maximum Gasteiger partial charge on any atom is 0.0246 e. The first-order chi connectivity index (χ1) is 6.79. The lowest BCUT2D eigenvalue weighted by Crippen LogP contribution is -2.51. The van der Waals surface area contributed by atoms with Crippen LogP contribution in [0.4, 0.5) is 0 Å². The SMILES string of the molecule is CC1CCC(N)C(N(C)CC(C)(C)C)C1. The highest BCUT2D eigenvalue weighted by Gasteiger charge is 2.30. The van der Waals surface area contributed by atoms with Crippen LogP contribution in [-0.4, -0.2) is 30.6 Å². The monoisotopic (exact) mass is 212 g/mol. The molecule has 0 bridgehead atoms. The molecule has 0 saturated heterocycles. The summed E-state index contributed by atoms with van der Waals surface area (Å²) in [7, 11) is 2.23. The minimum absolute atomic E-state index is 0.370. The van der Waals surface area contributed by atoms with Crippen LogP contribution < -0.4 is 5.73 Å². The van der Waals surface area contributed by atoms with E-state index < -0.39 is 0 Å². The van der Waals surface area contributed by atoms with Crippen molar-refractivity contribution in [1.82, 2.24) is 4.90 Å². The van der Waals surface area contributed by atoms with Crippen molar-refractivity contribution in [3.05, 3.63) is 0 Å². The molecule has 0 amide bonds. The zero-order chi connectivity index (χ0) is 11.6. The Hall–Kier alpha value is -0.0800. The summed E-state index contributed by atoms with van der Waals surface area (Å²) in [6, 6.07) is 0.974. The summed E-state index contributed by atoms with van der Waals surface area (Å²) in [6.07, 6.45) is 3.77. The standard InChI is InChI=1S/C13H28N2/c1-10-6-7-11(14)12(8-10)15(5)9-13(2,3)4/h10-12H,6-9,14H2,1-5H3. The second kappa shape index (κ2) is 4.84. The van der Waals surface area contributed by atoms with Gasteiger partial charge in [-0.1, -0.05) is 27.7 Å². The summed E-state index contributed by atoms with van der Waals surface area (Å²) < 4.78 is 0. The molecule has 1 rings (SSSR count). The van der Waals surface area contributed by atoms with E-state index in [0.29, 0.717) is 17.5 Å². The molecule has 2 N–H and O–H groups in total. The summed E-state index contributed by atoms with van der Waals surface area (Å²) in [5.41, 5.74) is 6.59. The van der Waals surface area contributed by atoms with E-state index in [1.165, 1.54) is 19.3 Å². The number of rotatable bonds is 2. The molecule has 0 heterocycles. The number of nitrogens with two attached hydrogens (primary N) is 1. The van der Waals surface area contributed by atoms with Crippen LogP contribution in [0.2, 0.25) is 0 Å². The van der Waals surface area contributed by atoms with Gasteiger partial charge in [-0.2, -0.15) is 0 Å². The Kier molecular flexibility index (Phi) is 4.19. The van der Waals surface area contributed by atoms with E-state index in [1.807, 2.05) is 0 Å². The van der Waals surface area contributed by atoms with Crippen LogP contribution in [0.3, 0.4) is 0 Å². The van der Waals surface area contributed by atoms with Crippen molar-refractivity contribution in [3.8, 4) is 0 Å². The molecular formula is C13H28N2. The Morgan fingerprint density at radius 1 is 1.27 bits per heavy atom. The van der Waals surface area contributed by atoms with E-state index in [9.17, 15) is 0 Å². The summed E-state index contributed by atoms with van der Waals surface area (Å²) in [6.45, 7) is 10.4. The second-order valence-electron chi connectivity index (χ2n) is 6.63. The van der Waals surface area contributed by atoms with Crippen LogP contribution in [0, 0.1) is 11.3 Å². The van der Waals surface area contributed by atoms with Gasteiger partial charge >= 0.3 is 0 Å². The average Bonchev–Trinajstić information content (AvgIpc) is 2.06. The van der Waals surface area contributed by atoms with Gasteiger partial charge in [-0.3, -0.25) is 0 Å². The van der Waals surface area contributed by atoms with Crippen LogP contribution >= 0.6 is 0 Å². The summed E-state index contributed by atoms with van der Waals surface area (Å²) in [4.78, 5) is 2.47. The van der Waals surface area contributed by atoms with Gasteiger partial charge in [-0.15, -0.1) is 0 Å². The molecule has 0 aromatic rings. The van der Waals surface area contributed by atoms with Crippen molar-refractivity contribution in [2.45, 2.75) is 59.0 Å². The van der Waals surface area contributed by atoms with Gasteiger partial charge in [-0.05, 0) is 37.6 Å². The van der Waals surface area contributed by atoms with Gasteiger partial charge in [0.05, 0.1) is 0 Å². The quantitative estimate of drug-likeness (QED) is 0.762. The number of hydrogen-bond acceptors (Lipinski definition) is 2. The lowest BCUT2D eigenvalue weighted by Gasteiger charge is -2.41. The summed E-state index contributed by atoms with van der Waals surface area (Å²) in [5, 5.41) is 0. The van der Waals surface area contributed by atoms with E-state index >= 15 is 0 Å². The smallest absolute Gasteiger partial charge is 0.0246 e. The molecule has 3 unspecified atom stereocenters. The van der Waals surface area contributed by atoms with Crippen molar-refractivity contribution >= 4 is 0 Å². The Morgan fingerprint density at radius 2 is 1.87 bits per heavy atom. The molecule has 15 heavy (non-hydrogen) atoms. The Bertz CT molecular complexity index is 195. The van der Waals surface area contributed by atoms with E-state index in [-0.39, 0.29) is 0 Å². The highest BCUT2D eigenvalue weighted by atomic mass is 15.2. The second-order valence-corrected chi connectivity index (χ2v) is 6.63. The molecular weight excluding hydrogens is 184 g/mol. The number of likely N-dealkylation sites (N-methyl/N-ethyl adjacent to an activating group) is 1. The maximum atomic E-state index is 6.22. The maximum absolute atomic E-state index is 6.22. The Labute approximate surface area is 95.2 Å². The van der Waals surface area contributed by atoms with Crippen LogP contribution in [0.15, 0.2) is 0 Å². The first-order valence-corrected chi connectivity index (χ1v) is 6.25. The number of hydrogen-bond donors (Lipinski definition) is 1. The van der Waals surface area contributed by atoms with Gasteiger partial charge < -0.3 is 10.6 Å². The zero-order valence-electron chi connectivity index (χ0n) is 11.1. The van der Waals surface area contributed by atoms with E-state index in [2.05, 4.69) is 39.6 Å². The molecule has 90 valence electrons. The molecule has 2 heteroatoms. The van der Waals surface area contributed by atoms with Gasteiger partial charge in [0.2, 0.25) is 0 Å². The van der Waals surface area contributed by atoms with Gasteiger partial charge in [0.25, 0.3) is 0 Å². The molecule has 0 aromatic carbocycles. The predicted molar refractivity (Wildman–Crippen MR) is 66.9 cm³/mol. The van der Waals surface area contributed by atoms with Crippen LogP contribution in [-0.2, 0) is 0 Å². The minimum atomic E-state index is 0.370. The molecule has 1 aliphatic carbocycles. The average molecular weight is 212 g/mol. The first kappa shape index (κ1) is 13.0. The molecule has 0 aromatic heterocycles. The number of nitrogens with zero attached hydrogens (tertiary/aromatic N) is 1. The van der Waals surface area contributed by atoms with Gasteiger partial charge in [-0.25, -0.2) is 0 Å². The highest BCUT2D eigenvalue weighted by molar-refractivity contribution is 4.88. The van der Waals surface area contributed by atoms with Crippen LogP contribution in [0.25, 0.3) is 0 Å². The van der Waals surface area contributed by atoms with Crippen molar-refractivity contribution in [3.63, 3.8) is 0 Å². The lowest BCUT2D eigenvalue weighted by molar-refractivity contribution is 0.108. The first-order valence-electron chi connectivity index (χ1n) is 6.25. The van der Waals surface area contributed by atoms with Crippen molar-refractivity contribution < 1.29 is 0 Å². The van der Waals surface area contributed by atoms with Gasteiger partial charge in [0, 0.05) is 18.6 Å². The third kappa shape index (κ3) is 4.12. The molecule has 3 atom stereocenters. The van der Waals surface area contributed by atoms with Gasteiger partial charge in [0.1, 0.15) is 0 Å². The molecule has 2 nitrogen and oxygen atoms in total. The molecule has 1 fully saturated rings. The zero-order valence-corrected chi connectivity index (χ0v) is 11.1. The molecule has 1 saturated carbocycles. The van der Waals surface area contributed by atoms with Crippen molar-refractivity contribution in [2.75, 3.05) is 13.6 Å². The fourth-order valence-corrected chi connectivity index (χ4v) is 2.75. The third-order valence-corrected chi connectivity index (χ3v) is 3.42. The predicted octanol–water partition coefficient (Wildman–Crippen LogP) is 2.48. The van der Waals surface area contributed by atoms with Crippen molar-refractivity contribution in [2.24, 2.45) is 17.1 Å². The fourth-order valence-electron chi connectivity index (χ4n) is 2.75. The minimum Gasteiger partial charge on any atom is -0.326 e. The molecule has 0 radical (unpaired) electrons. The molecule has 0 spiro atoms. The summed E-state index contributed by atoms with van der Waals surface area (Å²) in [5.74, 6) is 0.845.